The molecule has 0 aliphatic carbocycles. The highest BCUT2D eigenvalue weighted by molar-refractivity contribution is 6.30. The fourth-order valence-corrected chi connectivity index (χ4v) is 2.44. The summed E-state index contributed by atoms with van der Waals surface area (Å²) < 4.78 is 5.16. The molecule has 1 heterocycles. The molecule has 1 aromatic carbocycles. The summed E-state index contributed by atoms with van der Waals surface area (Å²) in [7, 11) is 0. The van der Waals surface area contributed by atoms with Crippen molar-refractivity contribution in [1.29, 1.82) is 0 Å². The van der Waals surface area contributed by atoms with Crippen LogP contribution >= 0.6 is 11.6 Å². The zero-order chi connectivity index (χ0) is 13.0. The first-order valence-electron chi connectivity index (χ1n) is 6.40. The Hall–Kier alpha value is -1.22. The molecule has 1 aliphatic heterocycles. The van der Waals surface area contributed by atoms with E-state index in [1.165, 1.54) is 5.56 Å². The number of benzene rings is 1. The van der Waals surface area contributed by atoms with Gasteiger partial charge in [0.2, 0.25) is 0 Å². The second kappa shape index (κ2) is 6.10. The van der Waals surface area contributed by atoms with Crippen LogP contribution in [0, 0.1) is 0 Å². The minimum atomic E-state index is 0.228. The number of nitrogens with zero attached hydrogens (tertiary/aromatic N) is 1. The van der Waals surface area contributed by atoms with Gasteiger partial charge in [0.05, 0.1) is 6.04 Å². The number of nitrogens with two attached hydrogens (primary N) is 1. The molecule has 2 rings (SSSR count). The van der Waals surface area contributed by atoms with Gasteiger partial charge in [0.1, 0.15) is 6.61 Å². The van der Waals surface area contributed by atoms with Crippen molar-refractivity contribution < 1.29 is 4.74 Å². The van der Waals surface area contributed by atoms with Crippen molar-refractivity contribution in [2.24, 2.45) is 10.7 Å². The van der Waals surface area contributed by atoms with E-state index in [9.17, 15) is 0 Å². The average Bonchev–Trinajstić information content (AvgIpc) is 2.78. The van der Waals surface area contributed by atoms with Gasteiger partial charge in [-0.25, -0.2) is 4.99 Å². The molecule has 1 aliphatic rings. The van der Waals surface area contributed by atoms with Crippen LogP contribution in [-0.2, 0) is 4.74 Å². The zero-order valence-corrected chi connectivity index (χ0v) is 11.4. The van der Waals surface area contributed by atoms with Crippen LogP contribution in [0.3, 0.4) is 0 Å². The molecule has 3 nitrogen and oxygen atoms in total. The minimum Gasteiger partial charge on any atom is -0.463 e. The molecular weight excluding hydrogens is 248 g/mol. The molecule has 0 fully saturated rings. The van der Waals surface area contributed by atoms with Crippen molar-refractivity contribution in [2.75, 3.05) is 6.61 Å². The maximum absolute atomic E-state index is 5.91. The highest BCUT2D eigenvalue weighted by Gasteiger charge is 2.18. The first-order chi connectivity index (χ1) is 8.69. The van der Waals surface area contributed by atoms with Crippen LogP contribution in [0.25, 0.3) is 0 Å². The number of rotatable bonds is 5. The molecule has 2 unspecified atom stereocenters. The summed E-state index contributed by atoms with van der Waals surface area (Å²) >= 11 is 5.91. The van der Waals surface area contributed by atoms with Gasteiger partial charge in [-0.1, -0.05) is 30.7 Å². The zero-order valence-electron chi connectivity index (χ0n) is 10.6. The van der Waals surface area contributed by atoms with Gasteiger partial charge in [-0.15, -0.1) is 0 Å². The molecule has 1 aromatic rings. The fourth-order valence-electron chi connectivity index (χ4n) is 2.32. The summed E-state index contributed by atoms with van der Waals surface area (Å²) in [5.74, 6) is 0.555. The summed E-state index contributed by atoms with van der Waals surface area (Å²) in [5.41, 5.74) is 6.85. The molecule has 98 valence electrons. The van der Waals surface area contributed by atoms with Crippen molar-refractivity contribution >= 4 is 17.6 Å². The Kier molecular flexibility index (Phi) is 4.48. The Labute approximate surface area is 113 Å². The van der Waals surface area contributed by atoms with Crippen LogP contribution in [0.15, 0.2) is 29.3 Å². The standard InChI is InChI=1S/C14H19ClN2O/c1-2-10(11-3-6-12(15)7-4-11)5-8-13-9-18-14(16)17-13/h3-4,6-7,10,13H,2,5,8-9H2,1H3,(H2,16,17). The smallest absolute Gasteiger partial charge is 0.282 e. The first-order valence-corrected chi connectivity index (χ1v) is 6.78. The lowest BCUT2D eigenvalue weighted by Gasteiger charge is -2.16. The third-order valence-corrected chi connectivity index (χ3v) is 3.67. The summed E-state index contributed by atoms with van der Waals surface area (Å²) in [6.45, 7) is 2.84. The largest absolute Gasteiger partial charge is 0.463 e. The highest BCUT2D eigenvalue weighted by atomic mass is 35.5. The third-order valence-electron chi connectivity index (χ3n) is 3.42. The molecule has 0 spiro atoms. The maximum atomic E-state index is 5.91. The Bertz CT molecular complexity index is 416. The molecular formula is C14H19ClN2O. The molecule has 18 heavy (non-hydrogen) atoms. The summed E-state index contributed by atoms with van der Waals surface area (Å²) in [6.07, 6.45) is 3.24. The van der Waals surface area contributed by atoms with E-state index in [0.717, 1.165) is 24.3 Å². The van der Waals surface area contributed by atoms with Crippen LogP contribution in [-0.4, -0.2) is 18.7 Å². The van der Waals surface area contributed by atoms with Crippen molar-refractivity contribution in [1.82, 2.24) is 0 Å². The molecule has 0 saturated carbocycles. The normalized spacial score (nSPS) is 20.3. The Morgan fingerprint density at radius 1 is 1.44 bits per heavy atom. The molecule has 0 bridgehead atoms. The van der Waals surface area contributed by atoms with E-state index >= 15 is 0 Å². The van der Waals surface area contributed by atoms with E-state index in [-0.39, 0.29) is 6.04 Å². The SMILES string of the molecule is CCC(CCC1COC(N)=N1)c1ccc(Cl)cc1. The van der Waals surface area contributed by atoms with E-state index in [4.69, 9.17) is 22.1 Å². The van der Waals surface area contributed by atoms with E-state index in [1.54, 1.807) is 0 Å². The van der Waals surface area contributed by atoms with Crippen LogP contribution in [0.4, 0.5) is 0 Å². The van der Waals surface area contributed by atoms with Gasteiger partial charge in [0, 0.05) is 5.02 Å². The number of hydrogen-bond donors (Lipinski definition) is 1. The van der Waals surface area contributed by atoms with Crippen molar-refractivity contribution in [3.8, 4) is 0 Å². The number of amidine groups is 1. The predicted molar refractivity (Wildman–Crippen MR) is 75.1 cm³/mol. The van der Waals surface area contributed by atoms with E-state index in [0.29, 0.717) is 18.5 Å². The molecule has 0 aromatic heterocycles. The third kappa shape index (κ3) is 3.39. The van der Waals surface area contributed by atoms with Crippen LogP contribution in [0.1, 0.15) is 37.7 Å². The lowest BCUT2D eigenvalue weighted by Crippen LogP contribution is -2.10. The quantitative estimate of drug-likeness (QED) is 0.889. The number of hydrogen-bond acceptors (Lipinski definition) is 3. The van der Waals surface area contributed by atoms with Crippen molar-refractivity contribution in [3.05, 3.63) is 34.9 Å². The minimum absolute atomic E-state index is 0.228. The van der Waals surface area contributed by atoms with Gasteiger partial charge in [-0.3, -0.25) is 0 Å². The second-order valence-corrected chi connectivity index (χ2v) is 5.10. The van der Waals surface area contributed by atoms with Crippen LogP contribution in [0.2, 0.25) is 5.02 Å². The molecule has 0 saturated heterocycles. The lowest BCUT2D eigenvalue weighted by atomic mass is 9.90. The first kappa shape index (κ1) is 13.2. The number of ether oxygens (including phenoxy) is 1. The van der Waals surface area contributed by atoms with E-state index < -0.39 is 0 Å². The Balaban J connectivity index is 1.91. The monoisotopic (exact) mass is 266 g/mol. The maximum Gasteiger partial charge on any atom is 0.282 e. The highest BCUT2D eigenvalue weighted by Crippen LogP contribution is 2.27. The van der Waals surface area contributed by atoms with Crippen molar-refractivity contribution in [2.45, 2.75) is 38.1 Å². The number of halogens is 1. The van der Waals surface area contributed by atoms with Crippen molar-refractivity contribution in [3.63, 3.8) is 0 Å². The second-order valence-electron chi connectivity index (χ2n) is 4.67. The van der Waals surface area contributed by atoms with E-state index in [2.05, 4.69) is 24.0 Å². The van der Waals surface area contributed by atoms with Gasteiger partial charge in [0.15, 0.2) is 0 Å². The molecule has 0 amide bonds. The Morgan fingerprint density at radius 2 is 2.17 bits per heavy atom. The van der Waals surface area contributed by atoms with Crippen LogP contribution in [0.5, 0.6) is 0 Å². The van der Waals surface area contributed by atoms with Gasteiger partial charge in [-0.05, 0) is 42.9 Å². The molecule has 0 radical (unpaired) electrons. The average molecular weight is 267 g/mol. The summed E-state index contributed by atoms with van der Waals surface area (Å²) in [4.78, 5) is 4.25. The molecule has 2 atom stereocenters. The fraction of sp³-hybridized carbons (Fsp3) is 0.500. The molecule has 4 heteroatoms. The topological polar surface area (TPSA) is 47.6 Å². The van der Waals surface area contributed by atoms with Gasteiger partial charge in [0.25, 0.3) is 6.02 Å². The Morgan fingerprint density at radius 3 is 2.72 bits per heavy atom. The summed E-state index contributed by atoms with van der Waals surface area (Å²) in [5, 5.41) is 0.787. The molecule has 2 N–H and O–H groups in total. The lowest BCUT2D eigenvalue weighted by molar-refractivity contribution is 0.303. The van der Waals surface area contributed by atoms with Crippen LogP contribution < -0.4 is 5.73 Å². The number of aliphatic imine (C=N–C) groups is 1. The predicted octanol–water partition coefficient (Wildman–Crippen LogP) is 3.33. The van der Waals surface area contributed by atoms with Gasteiger partial charge < -0.3 is 10.5 Å². The summed E-state index contributed by atoms with van der Waals surface area (Å²) in [6, 6.07) is 8.69. The van der Waals surface area contributed by atoms with Gasteiger partial charge >= 0.3 is 0 Å². The van der Waals surface area contributed by atoms with E-state index in [1.807, 2.05) is 12.1 Å². The van der Waals surface area contributed by atoms with Gasteiger partial charge in [-0.2, -0.15) is 0 Å².